The van der Waals surface area contributed by atoms with Gasteiger partial charge in [-0.3, -0.25) is 4.79 Å². The van der Waals surface area contributed by atoms with Crippen molar-refractivity contribution in [2.24, 2.45) is 0 Å². The molecule has 0 aromatic heterocycles. The van der Waals surface area contributed by atoms with Gasteiger partial charge in [0.2, 0.25) is 0 Å². The third kappa shape index (κ3) is 2.42. The molecule has 2 heteroatoms. The van der Waals surface area contributed by atoms with Gasteiger partial charge in [-0.2, -0.15) is 0 Å². The van der Waals surface area contributed by atoms with E-state index >= 15 is 0 Å². The third-order valence-electron chi connectivity index (χ3n) is 4.23. The number of Topliss-reactive ketones (excluding diaryl/α,β-unsaturated/α-hetero) is 1. The van der Waals surface area contributed by atoms with Crippen LogP contribution in [0.5, 0.6) is 11.5 Å². The zero-order valence-corrected chi connectivity index (χ0v) is 13.3. The average molecular weight is 312 g/mol. The quantitative estimate of drug-likeness (QED) is 0.434. The predicted octanol–water partition coefficient (Wildman–Crippen LogP) is 5.99. The van der Waals surface area contributed by atoms with Gasteiger partial charge in [0.05, 0.1) is 0 Å². The van der Waals surface area contributed by atoms with Crippen LogP contribution in [-0.4, -0.2) is 5.78 Å². The van der Waals surface area contributed by atoms with E-state index in [-0.39, 0.29) is 5.78 Å². The van der Waals surface area contributed by atoms with Gasteiger partial charge >= 0.3 is 0 Å². The lowest BCUT2D eigenvalue weighted by atomic mass is 10.0. The fourth-order valence-corrected chi connectivity index (χ4v) is 3.07. The lowest BCUT2D eigenvalue weighted by Crippen LogP contribution is -1.95. The van der Waals surface area contributed by atoms with Gasteiger partial charge in [-0.05, 0) is 35.9 Å². The summed E-state index contributed by atoms with van der Waals surface area (Å²) in [6.07, 6.45) is 0. The molecule has 4 aromatic rings. The van der Waals surface area contributed by atoms with E-state index < -0.39 is 0 Å². The van der Waals surface area contributed by atoms with Gasteiger partial charge in [0.25, 0.3) is 0 Å². The Morgan fingerprint density at radius 2 is 1.29 bits per heavy atom. The van der Waals surface area contributed by atoms with Crippen LogP contribution in [0.4, 0.5) is 0 Å². The Morgan fingerprint density at radius 1 is 0.667 bits per heavy atom. The molecular weight excluding hydrogens is 296 g/mol. The Morgan fingerprint density at radius 3 is 2.08 bits per heavy atom. The summed E-state index contributed by atoms with van der Waals surface area (Å²) in [7, 11) is 0. The normalized spacial score (nSPS) is 10.9. The van der Waals surface area contributed by atoms with E-state index in [1.165, 1.54) is 0 Å². The van der Waals surface area contributed by atoms with E-state index in [4.69, 9.17) is 4.74 Å². The summed E-state index contributed by atoms with van der Waals surface area (Å²) in [6, 6.07) is 25.7. The lowest BCUT2D eigenvalue weighted by Gasteiger charge is -2.13. The predicted molar refractivity (Wildman–Crippen MR) is 98.0 cm³/mol. The van der Waals surface area contributed by atoms with Crippen molar-refractivity contribution in [3.8, 4) is 11.5 Å². The van der Waals surface area contributed by atoms with Gasteiger partial charge < -0.3 is 4.74 Å². The number of benzene rings is 4. The van der Waals surface area contributed by atoms with Crippen LogP contribution in [0.2, 0.25) is 0 Å². The Kier molecular flexibility index (Phi) is 3.51. The van der Waals surface area contributed by atoms with Crippen molar-refractivity contribution >= 4 is 27.3 Å². The van der Waals surface area contributed by atoms with E-state index in [1.54, 1.807) is 6.92 Å². The standard InChI is InChI=1S/C22H16O2/c1-15(23)17-13-14-22(20-11-5-4-10-19(17)20)24-21-12-6-8-16-7-2-3-9-18(16)21/h2-14H,1H3. The highest BCUT2D eigenvalue weighted by atomic mass is 16.5. The van der Waals surface area contributed by atoms with Crippen molar-refractivity contribution in [1.29, 1.82) is 0 Å². The minimum absolute atomic E-state index is 0.0583. The van der Waals surface area contributed by atoms with Crippen molar-refractivity contribution in [2.75, 3.05) is 0 Å². The van der Waals surface area contributed by atoms with Crippen LogP contribution in [0.1, 0.15) is 17.3 Å². The number of carbonyl (C=O) groups excluding carboxylic acids is 1. The van der Waals surface area contributed by atoms with Crippen LogP contribution in [0.3, 0.4) is 0 Å². The SMILES string of the molecule is CC(=O)c1ccc(Oc2cccc3ccccc23)c2ccccc12. The van der Waals surface area contributed by atoms with Gasteiger partial charge in [-0.1, -0.05) is 60.7 Å². The van der Waals surface area contributed by atoms with Crippen LogP contribution in [0.25, 0.3) is 21.5 Å². The molecule has 0 atom stereocenters. The highest BCUT2D eigenvalue weighted by molar-refractivity contribution is 6.08. The van der Waals surface area contributed by atoms with Crippen LogP contribution in [0.15, 0.2) is 78.9 Å². The largest absolute Gasteiger partial charge is 0.456 e. The number of carbonyl (C=O) groups is 1. The molecule has 0 aliphatic carbocycles. The summed E-state index contributed by atoms with van der Waals surface area (Å²) >= 11 is 0. The highest BCUT2D eigenvalue weighted by Crippen LogP contribution is 2.35. The second kappa shape index (κ2) is 5.82. The molecule has 0 spiro atoms. The molecule has 0 aliphatic rings. The Bertz CT molecular complexity index is 1060. The number of fused-ring (bicyclic) bond motifs is 2. The third-order valence-corrected chi connectivity index (χ3v) is 4.23. The topological polar surface area (TPSA) is 26.3 Å². The van der Waals surface area contributed by atoms with Gasteiger partial charge in [-0.15, -0.1) is 0 Å². The molecule has 24 heavy (non-hydrogen) atoms. The molecule has 4 rings (SSSR count). The Hall–Kier alpha value is -3.13. The second-order valence-corrected chi connectivity index (χ2v) is 5.79. The fourth-order valence-electron chi connectivity index (χ4n) is 3.07. The van der Waals surface area contributed by atoms with E-state index in [0.717, 1.165) is 38.6 Å². The molecule has 0 radical (unpaired) electrons. The van der Waals surface area contributed by atoms with Crippen molar-refractivity contribution in [2.45, 2.75) is 6.92 Å². The van der Waals surface area contributed by atoms with Crippen LogP contribution < -0.4 is 4.74 Å². The first kappa shape index (κ1) is 14.5. The zero-order valence-electron chi connectivity index (χ0n) is 13.3. The van der Waals surface area contributed by atoms with Crippen LogP contribution in [-0.2, 0) is 0 Å². The molecular formula is C22H16O2. The zero-order chi connectivity index (χ0) is 16.5. The molecule has 0 bridgehead atoms. The van der Waals surface area contributed by atoms with Crippen LogP contribution in [0, 0.1) is 0 Å². The summed E-state index contributed by atoms with van der Waals surface area (Å²) < 4.78 is 6.23. The minimum atomic E-state index is 0.0583. The van der Waals surface area contributed by atoms with Crippen molar-refractivity contribution in [1.82, 2.24) is 0 Å². The van der Waals surface area contributed by atoms with E-state index in [2.05, 4.69) is 18.2 Å². The van der Waals surface area contributed by atoms with Gasteiger partial charge in [0.15, 0.2) is 5.78 Å². The first-order valence-corrected chi connectivity index (χ1v) is 7.92. The van der Waals surface area contributed by atoms with Crippen LogP contribution >= 0.6 is 0 Å². The van der Waals surface area contributed by atoms with Gasteiger partial charge in [-0.25, -0.2) is 0 Å². The van der Waals surface area contributed by atoms with Gasteiger partial charge in [0, 0.05) is 16.3 Å². The number of ketones is 1. The molecule has 4 aromatic carbocycles. The van der Waals surface area contributed by atoms with Crippen molar-refractivity contribution in [3.05, 3.63) is 84.4 Å². The van der Waals surface area contributed by atoms with Gasteiger partial charge in [0.1, 0.15) is 11.5 Å². The molecule has 116 valence electrons. The fraction of sp³-hybridized carbons (Fsp3) is 0.0455. The molecule has 2 nitrogen and oxygen atoms in total. The molecule has 0 amide bonds. The van der Waals surface area contributed by atoms with Crippen molar-refractivity contribution in [3.63, 3.8) is 0 Å². The lowest BCUT2D eigenvalue weighted by molar-refractivity contribution is 0.101. The molecule has 0 aliphatic heterocycles. The monoisotopic (exact) mass is 312 g/mol. The van der Waals surface area contributed by atoms with E-state index in [9.17, 15) is 4.79 Å². The highest BCUT2D eigenvalue weighted by Gasteiger charge is 2.11. The molecule has 0 heterocycles. The summed E-state index contributed by atoms with van der Waals surface area (Å²) in [5, 5.41) is 4.07. The number of rotatable bonds is 3. The molecule has 0 fully saturated rings. The molecule has 0 N–H and O–H groups in total. The summed E-state index contributed by atoms with van der Waals surface area (Å²) in [6.45, 7) is 1.59. The van der Waals surface area contributed by atoms with E-state index in [0.29, 0.717) is 0 Å². The van der Waals surface area contributed by atoms with E-state index in [1.807, 2.05) is 60.7 Å². The second-order valence-electron chi connectivity index (χ2n) is 5.79. The smallest absolute Gasteiger partial charge is 0.160 e. The molecule has 0 saturated heterocycles. The summed E-state index contributed by atoms with van der Waals surface area (Å²) in [5.41, 5.74) is 0.718. The average Bonchev–Trinajstić information content (AvgIpc) is 2.62. The minimum Gasteiger partial charge on any atom is -0.456 e. The maximum atomic E-state index is 11.9. The number of hydrogen-bond donors (Lipinski definition) is 0. The first-order chi connectivity index (χ1) is 11.7. The number of hydrogen-bond acceptors (Lipinski definition) is 2. The summed E-state index contributed by atoms with van der Waals surface area (Å²) in [4.78, 5) is 11.9. The Balaban J connectivity index is 1.88. The molecule has 0 unspecified atom stereocenters. The summed E-state index contributed by atoms with van der Waals surface area (Å²) in [5.74, 6) is 1.63. The number of ether oxygens (including phenoxy) is 1. The maximum absolute atomic E-state index is 11.9. The molecule has 0 saturated carbocycles. The Labute approximate surface area is 140 Å². The first-order valence-electron chi connectivity index (χ1n) is 7.92. The maximum Gasteiger partial charge on any atom is 0.160 e. The van der Waals surface area contributed by atoms with Crippen molar-refractivity contribution < 1.29 is 9.53 Å².